The van der Waals surface area contributed by atoms with Crippen molar-refractivity contribution in [3.8, 4) is 0 Å². The van der Waals surface area contributed by atoms with Crippen molar-refractivity contribution in [2.45, 2.75) is 16.6 Å². The van der Waals surface area contributed by atoms with Gasteiger partial charge in [-0.2, -0.15) is 5.10 Å². The van der Waals surface area contributed by atoms with E-state index in [9.17, 15) is 0 Å². The lowest BCUT2D eigenvalue weighted by Crippen LogP contribution is -2.04. The van der Waals surface area contributed by atoms with Gasteiger partial charge in [-0.05, 0) is 24.7 Å². The Morgan fingerprint density at radius 3 is 2.62 bits per heavy atom. The molecule has 16 heavy (non-hydrogen) atoms. The number of nitrogens with one attached hydrogen (secondary N) is 1. The molecule has 2 aromatic rings. The van der Waals surface area contributed by atoms with Crippen LogP contribution in [0.5, 0.6) is 0 Å². The van der Waals surface area contributed by atoms with E-state index in [2.05, 4.69) is 39.7 Å². The van der Waals surface area contributed by atoms with Crippen LogP contribution in [0, 0.1) is 0 Å². The summed E-state index contributed by atoms with van der Waals surface area (Å²) >= 11 is 1.62. The summed E-state index contributed by atoms with van der Waals surface area (Å²) in [5, 5.41) is 8.06. The molecule has 0 saturated heterocycles. The quantitative estimate of drug-likeness (QED) is 0.874. The van der Waals surface area contributed by atoms with Gasteiger partial charge >= 0.3 is 0 Å². The van der Waals surface area contributed by atoms with E-state index in [4.69, 9.17) is 0 Å². The monoisotopic (exact) mass is 234 g/mol. The molecular formula is C11H14N4S. The first-order valence-corrected chi connectivity index (χ1v) is 5.86. The summed E-state index contributed by atoms with van der Waals surface area (Å²) in [5.41, 5.74) is 1.28. The molecule has 0 saturated carbocycles. The molecule has 4 nitrogen and oxygen atoms in total. The zero-order valence-electron chi connectivity index (χ0n) is 9.34. The van der Waals surface area contributed by atoms with E-state index in [0.717, 1.165) is 11.7 Å². The topological polar surface area (TPSA) is 42.7 Å². The smallest absolute Gasteiger partial charge is 0.190 e. The normalized spacial score (nSPS) is 10.6. The van der Waals surface area contributed by atoms with Crippen molar-refractivity contribution in [1.29, 1.82) is 0 Å². The molecule has 0 amide bonds. The first-order chi connectivity index (χ1) is 7.79. The van der Waals surface area contributed by atoms with Gasteiger partial charge in [0.15, 0.2) is 5.16 Å². The number of hydrogen-bond acceptors (Lipinski definition) is 4. The number of aryl methyl sites for hydroxylation is 1. The molecule has 84 valence electrons. The molecule has 1 aromatic carbocycles. The summed E-state index contributed by atoms with van der Waals surface area (Å²) in [6, 6.07) is 8.45. The van der Waals surface area contributed by atoms with Crippen LogP contribution >= 0.6 is 11.8 Å². The van der Waals surface area contributed by atoms with Gasteiger partial charge in [-0.3, -0.25) is 0 Å². The highest BCUT2D eigenvalue weighted by Gasteiger charge is 2.02. The highest BCUT2D eigenvalue weighted by molar-refractivity contribution is 7.99. The third-order valence-electron chi connectivity index (χ3n) is 2.18. The van der Waals surface area contributed by atoms with Crippen LogP contribution in [0.15, 0.2) is 40.6 Å². The van der Waals surface area contributed by atoms with E-state index in [1.54, 1.807) is 22.8 Å². The van der Waals surface area contributed by atoms with Crippen molar-refractivity contribution in [1.82, 2.24) is 20.1 Å². The molecule has 0 spiro atoms. The first-order valence-electron chi connectivity index (χ1n) is 5.05. The van der Waals surface area contributed by atoms with Crippen LogP contribution in [0.25, 0.3) is 0 Å². The summed E-state index contributed by atoms with van der Waals surface area (Å²) in [6.45, 7) is 0.898. The third kappa shape index (κ3) is 2.62. The summed E-state index contributed by atoms with van der Waals surface area (Å²) in [6.07, 6.45) is 1.57. The van der Waals surface area contributed by atoms with Crippen LogP contribution in [0.1, 0.15) is 5.56 Å². The minimum Gasteiger partial charge on any atom is -0.316 e. The van der Waals surface area contributed by atoms with E-state index in [1.165, 1.54) is 10.5 Å². The van der Waals surface area contributed by atoms with Crippen LogP contribution in [-0.2, 0) is 13.6 Å². The van der Waals surface area contributed by atoms with Crippen molar-refractivity contribution < 1.29 is 0 Å². The summed E-state index contributed by atoms with van der Waals surface area (Å²) in [4.78, 5) is 5.35. The Hall–Kier alpha value is -1.33. The van der Waals surface area contributed by atoms with E-state index >= 15 is 0 Å². The van der Waals surface area contributed by atoms with Crippen LogP contribution in [0.2, 0.25) is 0 Å². The third-order valence-corrected chi connectivity index (χ3v) is 3.24. The van der Waals surface area contributed by atoms with Gasteiger partial charge in [0.2, 0.25) is 0 Å². The van der Waals surface area contributed by atoms with E-state index in [-0.39, 0.29) is 0 Å². The highest BCUT2D eigenvalue weighted by atomic mass is 32.2. The molecule has 0 radical (unpaired) electrons. The molecular weight excluding hydrogens is 220 g/mol. The number of nitrogens with zero attached hydrogens (tertiary/aromatic N) is 3. The van der Waals surface area contributed by atoms with E-state index in [1.807, 2.05) is 14.1 Å². The maximum absolute atomic E-state index is 4.17. The van der Waals surface area contributed by atoms with Gasteiger partial charge in [0, 0.05) is 18.5 Å². The molecule has 1 heterocycles. The Morgan fingerprint density at radius 2 is 2.06 bits per heavy atom. The zero-order valence-corrected chi connectivity index (χ0v) is 10.2. The SMILES string of the molecule is CNCc1ccc(Sc2ncnn2C)cc1. The average Bonchev–Trinajstić information content (AvgIpc) is 2.68. The second-order valence-corrected chi connectivity index (χ2v) is 4.48. The largest absolute Gasteiger partial charge is 0.316 e. The molecule has 0 fully saturated rings. The Kier molecular flexibility index (Phi) is 3.58. The molecule has 1 aromatic heterocycles. The lowest BCUT2D eigenvalue weighted by atomic mass is 10.2. The molecule has 0 unspecified atom stereocenters. The van der Waals surface area contributed by atoms with Crippen LogP contribution < -0.4 is 5.32 Å². The fourth-order valence-electron chi connectivity index (χ4n) is 1.36. The van der Waals surface area contributed by atoms with Crippen molar-refractivity contribution in [3.05, 3.63) is 36.2 Å². The second-order valence-electron chi connectivity index (χ2n) is 3.44. The van der Waals surface area contributed by atoms with Crippen LogP contribution in [-0.4, -0.2) is 21.8 Å². The molecule has 1 N–H and O–H groups in total. The zero-order chi connectivity index (χ0) is 11.4. The van der Waals surface area contributed by atoms with Crippen molar-refractivity contribution in [3.63, 3.8) is 0 Å². The van der Waals surface area contributed by atoms with Gasteiger partial charge in [0.05, 0.1) is 0 Å². The summed E-state index contributed by atoms with van der Waals surface area (Å²) in [7, 11) is 3.84. The number of rotatable bonds is 4. The molecule has 0 atom stereocenters. The predicted molar refractivity (Wildman–Crippen MR) is 64.3 cm³/mol. The predicted octanol–water partition coefficient (Wildman–Crippen LogP) is 1.69. The number of benzene rings is 1. The number of aromatic nitrogens is 3. The van der Waals surface area contributed by atoms with Gasteiger partial charge in [0.1, 0.15) is 6.33 Å². The average molecular weight is 234 g/mol. The van der Waals surface area contributed by atoms with Gasteiger partial charge < -0.3 is 5.32 Å². The standard InChI is InChI=1S/C11H14N4S/c1-12-7-9-3-5-10(6-4-9)16-11-13-8-14-15(11)2/h3-6,8,12H,7H2,1-2H3. The van der Waals surface area contributed by atoms with Crippen molar-refractivity contribution in [2.75, 3.05) is 7.05 Å². The Bertz CT molecular complexity index is 449. The minimum atomic E-state index is 0.898. The molecule has 0 bridgehead atoms. The maximum atomic E-state index is 4.17. The van der Waals surface area contributed by atoms with Crippen molar-refractivity contribution in [2.24, 2.45) is 7.05 Å². The van der Waals surface area contributed by atoms with E-state index in [0.29, 0.717) is 0 Å². The van der Waals surface area contributed by atoms with Crippen LogP contribution in [0.3, 0.4) is 0 Å². The van der Waals surface area contributed by atoms with Gasteiger partial charge in [-0.25, -0.2) is 9.67 Å². The van der Waals surface area contributed by atoms with E-state index < -0.39 is 0 Å². The molecule has 0 aliphatic heterocycles. The van der Waals surface area contributed by atoms with Gasteiger partial charge in [-0.15, -0.1) is 0 Å². The minimum absolute atomic E-state index is 0.898. The summed E-state index contributed by atoms with van der Waals surface area (Å²) in [5.74, 6) is 0. The maximum Gasteiger partial charge on any atom is 0.190 e. The molecule has 5 heteroatoms. The van der Waals surface area contributed by atoms with Crippen LogP contribution in [0.4, 0.5) is 0 Å². The highest BCUT2D eigenvalue weighted by Crippen LogP contribution is 2.25. The number of hydrogen-bond donors (Lipinski definition) is 1. The Morgan fingerprint density at radius 1 is 1.31 bits per heavy atom. The fraction of sp³-hybridized carbons (Fsp3) is 0.273. The lowest BCUT2D eigenvalue weighted by molar-refractivity contribution is 0.685. The molecule has 0 aliphatic carbocycles. The molecule has 0 aliphatic rings. The molecule has 2 rings (SSSR count). The van der Waals surface area contributed by atoms with Gasteiger partial charge in [0.25, 0.3) is 0 Å². The lowest BCUT2D eigenvalue weighted by Gasteiger charge is -2.03. The second kappa shape index (κ2) is 5.14. The Balaban J connectivity index is 2.08. The Labute approximate surface area is 99.1 Å². The fourth-order valence-corrected chi connectivity index (χ4v) is 2.12. The first kappa shape index (κ1) is 11.2. The summed E-state index contributed by atoms with van der Waals surface area (Å²) < 4.78 is 1.77. The van der Waals surface area contributed by atoms with Crippen molar-refractivity contribution >= 4 is 11.8 Å². The van der Waals surface area contributed by atoms with Gasteiger partial charge in [-0.1, -0.05) is 23.9 Å².